The van der Waals surface area contributed by atoms with Crippen molar-refractivity contribution < 1.29 is 22.8 Å². The number of fused-ring (bicyclic) bond motifs is 1. The summed E-state index contributed by atoms with van der Waals surface area (Å²) in [6.45, 7) is 6.64. The Morgan fingerprint density at radius 3 is 2.25 bits per heavy atom. The lowest BCUT2D eigenvalue weighted by Crippen LogP contribution is -2.49. The van der Waals surface area contributed by atoms with Crippen LogP contribution in [0.4, 0.5) is 5.69 Å². The first-order valence-electron chi connectivity index (χ1n) is 12.4. The number of carbonyl (C=O) groups excluding carboxylic acids is 3. The van der Waals surface area contributed by atoms with Crippen LogP contribution in [0.2, 0.25) is 0 Å². The number of hydrogen-bond donors (Lipinski definition) is 0. The number of sulfone groups is 1. The van der Waals surface area contributed by atoms with Gasteiger partial charge in [-0.05, 0) is 38.8 Å². The van der Waals surface area contributed by atoms with Gasteiger partial charge in [0.15, 0.2) is 9.84 Å². The molecule has 0 radical (unpaired) electrons. The summed E-state index contributed by atoms with van der Waals surface area (Å²) in [5.41, 5.74) is 3.71. The van der Waals surface area contributed by atoms with Crippen molar-refractivity contribution in [2.75, 3.05) is 49.1 Å². The van der Waals surface area contributed by atoms with Crippen molar-refractivity contribution in [3.63, 3.8) is 0 Å². The predicted molar refractivity (Wildman–Crippen MR) is 134 cm³/mol. The van der Waals surface area contributed by atoms with Gasteiger partial charge in [-0.2, -0.15) is 5.10 Å². The molecular weight excluding hydrogens is 482 g/mol. The Morgan fingerprint density at radius 2 is 1.67 bits per heavy atom. The fourth-order valence-corrected chi connectivity index (χ4v) is 7.30. The first-order chi connectivity index (χ1) is 17.2. The van der Waals surface area contributed by atoms with E-state index >= 15 is 0 Å². The van der Waals surface area contributed by atoms with Crippen molar-refractivity contribution in [2.45, 2.75) is 39.2 Å². The Hall–Kier alpha value is -3.21. The van der Waals surface area contributed by atoms with Gasteiger partial charge in [0.1, 0.15) is 0 Å². The molecule has 2 saturated heterocycles. The second kappa shape index (κ2) is 9.34. The van der Waals surface area contributed by atoms with Gasteiger partial charge in [-0.15, -0.1) is 0 Å². The van der Waals surface area contributed by atoms with E-state index in [1.807, 2.05) is 23.4 Å². The molecule has 3 aliphatic rings. The zero-order chi connectivity index (χ0) is 25.6. The SMILES string of the molecule is Cc1nn(C2CCS(=O)(=O)C2)c(C)c1N1CCN(C(=O)CCCN2C(=O)c3ccccc3C2=O)CC1. The molecule has 0 N–H and O–H groups in total. The molecule has 192 valence electrons. The Bertz CT molecular complexity index is 1290. The topological polar surface area (TPSA) is 113 Å². The molecule has 0 aliphatic carbocycles. The van der Waals surface area contributed by atoms with E-state index in [-0.39, 0.29) is 48.2 Å². The molecule has 5 rings (SSSR count). The number of nitrogens with zero attached hydrogens (tertiary/aromatic N) is 5. The molecule has 0 spiro atoms. The second-order valence-electron chi connectivity index (χ2n) is 9.80. The van der Waals surface area contributed by atoms with E-state index in [9.17, 15) is 22.8 Å². The molecule has 1 unspecified atom stereocenters. The fraction of sp³-hybridized carbons (Fsp3) is 0.520. The van der Waals surface area contributed by atoms with E-state index in [0.29, 0.717) is 50.1 Å². The standard InChI is InChI=1S/C25H31N5O5S/c1-17-23(18(2)30(26-17)19-9-15-36(34,35)16-19)28-13-11-27(12-14-28)22(31)8-5-10-29-24(32)20-6-3-4-7-21(20)25(29)33/h3-4,6-7,19H,5,8-16H2,1-2H3. The molecule has 1 atom stereocenters. The monoisotopic (exact) mass is 513 g/mol. The van der Waals surface area contributed by atoms with Crippen molar-refractivity contribution in [2.24, 2.45) is 0 Å². The molecule has 11 heteroatoms. The van der Waals surface area contributed by atoms with Crippen LogP contribution in [0.15, 0.2) is 24.3 Å². The number of aryl methyl sites for hydroxylation is 1. The third kappa shape index (κ3) is 4.40. The highest BCUT2D eigenvalue weighted by atomic mass is 32.2. The fourth-order valence-electron chi connectivity index (χ4n) is 5.60. The lowest BCUT2D eigenvalue weighted by molar-refractivity contribution is -0.131. The van der Waals surface area contributed by atoms with Crippen molar-refractivity contribution >= 4 is 33.2 Å². The van der Waals surface area contributed by atoms with Gasteiger partial charge >= 0.3 is 0 Å². The minimum absolute atomic E-state index is 0.0200. The summed E-state index contributed by atoms with van der Waals surface area (Å²) in [6, 6.07) is 6.67. The molecule has 2 aromatic rings. The highest BCUT2D eigenvalue weighted by Crippen LogP contribution is 2.32. The average Bonchev–Trinajstić information content (AvgIpc) is 3.45. The Balaban J connectivity index is 1.13. The third-order valence-electron chi connectivity index (χ3n) is 7.44. The quantitative estimate of drug-likeness (QED) is 0.539. The Kier molecular flexibility index (Phi) is 6.36. The lowest BCUT2D eigenvalue weighted by atomic mass is 10.1. The molecule has 36 heavy (non-hydrogen) atoms. The number of anilines is 1. The Labute approximate surface area is 210 Å². The summed E-state index contributed by atoms with van der Waals surface area (Å²) in [7, 11) is -3.00. The van der Waals surface area contributed by atoms with Crippen LogP contribution >= 0.6 is 0 Å². The van der Waals surface area contributed by atoms with Crippen molar-refractivity contribution in [1.29, 1.82) is 0 Å². The van der Waals surface area contributed by atoms with Gasteiger partial charge in [-0.25, -0.2) is 8.42 Å². The summed E-state index contributed by atoms with van der Waals surface area (Å²) < 4.78 is 25.7. The smallest absolute Gasteiger partial charge is 0.261 e. The second-order valence-corrected chi connectivity index (χ2v) is 12.0. The van der Waals surface area contributed by atoms with Gasteiger partial charge < -0.3 is 9.80 Å². The molecule has 0 bridgehead atoms. The van der Waals surface area contributed by atoms with E-state index < -0.39 is 9.84 Å². The number of aromatic nitrogens is 2. The van der Waals surface area contributed by atoms with Gasteiger partial charge in [0.25, 0.3) is 11.8 Å². The van der Waals surface area contributed by atoms with Gasteiger partial charge in [0.2, 0.25) is 5.91 Å². The summed E-state index contributed by atoms with van der Waals surface area (Å²) in [5, 5.41) is 4.66. The van der Waals surface area contributed by atoms with Crippen LogP contribution in [0.3, 0.4) is 0 Å². The van der Waals surface area contributed by atoms with Gasteiger partial charge in [0.05, 0.1) is 45.7 Å². The third-order valence-corrected chi connectivity index (χ3v) is 9.19. The van der Waals surface area contributed by atoms with Crippen LogP contribution in [0.1, 0.15) is 57.4 Å². The number of piperazine rings is 1. The highest BCUT2D eigenvalue weighted by Gasteiger charge is 2.35. The van der Waals surface area contributed by atoms with E-state index in [2.05, 4.69) is 10.00 Å². The highest BCUT2D eigenvalue weighted by molar-refractivity contribution is 7.91. The Morgan fingerprint density at radius 1 is 1.03 bits per heavy atom. The summed E-state index contributed by atoms with van der Waals surface area (Å²) in [6.07, 6.45) is 1.30. The van der Waals surface area contributed by atoms with Crippen LogP contribution in [-0.4, -0.2) is 89.9 Å². The number of benzene rings is 1. The first kappa shape index (κ1) is 24.5. The van der Waals surface area contributed by atoms with Crippen molar-refractivity contribution in [1.82, 2.24) is 19.6 Å². The minimum atomic E-state index is -3.00. The van der Waals surface area contributed by atoms with Crippen LogP contribution in [0.5, 0.6) is 0 Å². The van der Waals surface area contributed by atoms with Gasteiger partial charge in [-0.1, -0.05) is 12.1 Å². The number of imide groups is 1. The first-order valence-corrected chi connectivity index (χ1v) is 14.2. The summed E-state index contributed by atoms with van der Waals surface area (Å²) >= 11 is 0. The van der Waals surface area contributed by atoms with E-state index in [4.69, 9.17) is 0 Å². The number of rotatable bonds is 6. The minimum Gasteiger partial charge on any atom is -0.365 e. The van der Waals surface area contributed by atoms with E-state index in [0.717, 1.165) is 17.1 Å². The van der Waals surface area contributed by atoms with Crippen LogP contribution in [0, 0.1) is 13.8 Å². The van der Waals surface area contributed by atoms with Crippen molar-refractivity contribution in [3.8, 4) is 0 Å². The number of amides is 3. The molecule has 0 saturated carbocycles. The molecule has 3 amide bonds. The van der Waals surface area contributed by atoms with Gasteiger partial charge in [-0.3, -0.25) is 24.0 Å². The normalized spacial score (nSPS) is 21.4. The number of hydrogen-bond acceptors (Lipinski definition) is 7. The molecule has 1 aromatic carbocycles. The van der Waals surface area contributed by atoms with Crippen LogP contribution in [-0.2, 0) is 14.6 Å². The predicted octanol–water partition coefficient (Wildman–Crippen LogP) is 1.58. The van der Waals surface area contributed by atoms with Gasteiger partial charge in [0, 0.05) is 39.1 Å². The van der Waals surface area contributed by atoms with Crippen LogP contribution < -0.4 is 4.90 Å². The molecule has 2 fully saturated rings. The molecule has 1 aromatic heterocycles. The van der Waals surface area contributed by atoms with Crippen molar-refractivity contribution in [3.05, 3.63) is 46.8 Å². The molecule has 4 heterocycles. The maximum atomic E-state index is 12.8. The lowest BCUT2D eigenvalue weighted by Gasteiger charge is -2.36. The molecule has 10 nitrogen and oxygen atoms in total. The zero-order valence-corrected chi connectivity index (χ0v) is 21.5. The number of carbonyl (C=O) groups is 3. The molecular formula is C25H31N5O5S. The average molecular weight is 514 g/mol. The van der Waals surface area contributed by atoms with Crippen LogP contribution in [0.25, 0.3) is 0 Å². The maximum absolute atomic E-state index is 12.8. The van der Waals surface area contributed by atoms with E-state index in [1.165, 1.54) is 4.90 Å². The largest absolute Gasteiger partial charge is 0.365 e. The summed E-state index contributed by atoms with van der Waals surface area (Å²) in [5.74, 6) is -0.223. The maximum Gasteiger partial charge on any atom is 0.261 e. The summed E-state index contributed by atoms with van der Waals surface area (Å²) in [4.78, 5) is 43.1. The zero-order valence-electron chi connectivity index (χ0n) is 20.6. The molecule has 3 aliphatic heterocycles. The van der Waals surface area contributed by atoms with E-state index in [1.54, 1.807) is 24.3 Å².